The highest BCUT2D eigenvalue weighted by molar-refractivity contribution is 7.87. The molecule has 0 aliphatic carbocycles. The molecule has 3 nitrogen and oxygen atoms in total. The zero-order valence-electron chi connectivity index (χ0n) is 4.35. The fourth-order valence-electron chi connectivity index (χ4n) is 0.166. The number of hydrogen-bond donors (Lipinski definition) is 0. The molecule has 0 aliphatic rings. The Hall–Kier alpha value is -0.0100. The summed E-state index contributed by atoms with van der Waals surface area (Å²) < 4.78 is 55.7. The molecular formula is C2H2ClF3O3S. The molecule has 0 aliphatic heterocycles. The van der Waals surface area contributed by atoms with Gasteiger partial charge in [0.25, 0.3) is 10.1 Å². The molecule has 0 radical (unpaired) electrons. The molecule has 8 heteroatoms. The third-order valence-corrected chi connectivity index (χ3v) is 1.87. The van der Waals surface area contributed by atoms with Crippen LogP contribution in [-0.4, -0.2) is 20.0 Å². The molecule has 0 bridgehead atoms. The van der Waals surface area contributed by atoms with Crippen molar-refractivity contribution in [3.05, 3.63) is 0 Å². The summed E-state index contributed by atoms with van der Waals surface area (Å²) in [6.07, 6.45) is -5.19. The fourth-order valence-corrected chi connectivity index (χ4v) is 0.632. The van der Waals surface area contributed by atoms with E-state index in [-0.39, 0.29) is 0 Å². The maximum Gasteiger partial charge on any atom is 0.537 e. The number of halogens is 4. The molecule has 0 aromatic rings. The second-order valence-corrected chi connectivity index (χ2v) is 3.35. The molecule has 0 rings (SSSR count). The van der Waals surface area contributed by atoms with E-state index in [1.807, 2.05) is 0 Å². The summed E-state index contributed by atoms with van der Waals surface area (Å²) >= 11 is 4.59. The second-order valence-electron chi connectivity index (χ2n) is 1.20. The summed E-state index contributed by atoms with van der Waals surface area (Å²) in [6, 6.07) is 0. The van der Waals surface area contributed by atoms with Crippen molar-refractivity contribution in [3.8, 4) is 0 Å². The van der Waals surface area contributed by atoms with Gasteiger partial charge in [-0.1, -0.05) is 0 Å². The topological polar surface area (TPSA) is 43.4 Å². The third kappa shape index (κ3) is 4.83. The molecule has 0 fully saturated rings. The van der Waals surface area contributed by atoms with Crippen LogP contribution in [0.3, 0.4) is 0 Å². The zero-order valence-corrected chi connectivity index (χ0v) is 5.92. The monoisotopic (exact) mass is 198 g/mol. The van der Waals surface area contributed by atoms with Crippen LogP contribution in [0.5, 0.6) is 0 Å². The van der Waals surface area contributed by atoms with Gasteiger partial charge in [0.15, 0.2) is 0 Å². The molecule has 0 atom stereocenters. The van der Waals surface area contributed by atoms with E-state index >= 15 is 0 Å². The number of hydrogen-bond acceptors (Lipinski definition) is 3. The number of alkyl halides is 4. The quantitative estimate of drug-likeness (QED) is 0.492. The first-order valence-corrected chi connectivity index (χ1v) is 3.94. The Morgan fingerprint density at radius 1 is 1.40 bits per heavy atom. The smallest absolute Gasteiger partial charge is 0.198 e. The Labute approximate surface area is 59.9 Å². The summed E-state index contributed by atoms with van der Waals surface area (Å²) in [7, 11) is -4.64. The highest BCUT2D eigenvalue weighted by Gasteiger charge is 2.36. The maximum absolute atomic E-state index is 11.1. The minimum Gasteiger partial charge on any atom is -0.198 e. The Bertz CT molecular complexity index is 194. The van der Waals surface area contributed by atoms with E-state index in [4.69, 9.17) is 0 Å². The van der Waals surface area contributed by atoms with Crippen LogP contribution in [0, 0.1) is 0 Å². The summed E-state index contributed by atoms with van der Waals surface area (Å²) in [5, 5.41) is -1.22. The molecule has 0 amide bonds. The van der Waals surface area contributed by atoms with Crippen LogP contribution in [0.2, 0.25) is 0 Å². The summed E-state index contributed by atoms with van der Waals surface area (Å²) in [6.45, 7) is 0. The van der Waals surface area contributed by atoms with Crippen molar-refractivity contribution < 1.29 is 25.8 Å². The molecule has 0 spiro atoms. The SMILES string of the molecule is O=S(=O)(CCl)OC(F)(F)F. The molecule has 62 valence electrons. The molecule has 0 N–H and O–H groups in total. The first-order chi connectivity index (χ1) is 4.27. The van der Waals surface area contributed by atoms with Gasteiger partial charge in [-0.05, 0) is 0 Å². The Kier molecular flexibility index (Phi) is 2.93. The lowest BCUT2D eigenvalue weighted by atomic mass is 11.4. The largest absolute Gasteiger partial charge is 0.537 e. The molecule has 10 heavy (non-hydrogen) atoms. The van der Waals surface area contributed by atoms with Gasteiger partial charge < -0.3 is 0 Å². The van der Waals surface area contributed by atoms with Crippen LogP contribution in [0.15, 0.2) is 0 Å². The zero-order chi connectivity index (χ0) is 8.41. The van der Waals surface area contributed by atoms with Crippen LogP contribution < -0.4 is 0 Å². The minimum atomic E-state index is -5.19. The van der Waals surface area contributed by atoms with E-state index in [9.17, 15) is 21.6 Å². The summed E-state index contributed by atoms with van der Waals surface area (Å²) in [4.78, 5) is 0. The van der Waals surface area contributed by atoms with Crippen LogP contribution in [0.25, 0.3) is 0 Å². The molecule has 0 heterocycles. The van der Waals surface area contributed by atoms with Gasteiger partial charge in [-0.3, -0.25) is 0 Å². The van der Waals surface area contributed by atoms with Crippen molar-refractivity contribution in [1.82, 2.24) is 0 Å². The second kappa shape index (κ2) is 2.93. The van der Waals surface area contributed by atoms with Crippen molar-refractivity contribution in [1.29, 1.82) is 0 Å². The lowest BCUT2D eigenvalue weighted by Gasteiger charge is -2.03. The van der Waals surface area contributed by atoms with Gasteiger partial charge in [0.05, 0.1) is 0 Å². The maximum atomic E-state index is 11.1. The molecule has 0 aromatic heterocycles. The average Bonchev–Trinajstić information content (AvgIpc) is 1.60. The van der Waals surface area contributed by atoms with Gasteiger partial charge in [-0.25, -0.2) is 0 Å². The van der Waals surface area contributed by atoms with E-state index in [2.05, 4.69) is 15.8 Å². The standard InChI is InChI=1S/C2H2ClF3O3S/c3-1-10(7,8)9-2(4,5)6/h1H2. The van der Waals surface area contributed by atoms with E-state index < -0.39 is 21.7 Å². The van der Waals surface area contributed by atoms with Gasteiger partial charge in [0.2, 0.25) is 0 Å². The van der Waals surface area contributed by atoms with E-state index in [1.54, 1.807) is 0 Å². The Morgan fingerprint density at radius 2 is 1.80 bits per heavy atom. The van der Waals surface area contributed by atoms with Crippen LogP contribution in [0.4, 0.5) is 13.2 Å². The van der Waals surface area contributed by atoms with E-state index in [1.165, 1.54) is 0 Å². The Morgan fingerprint density at radius 3 is 1.90 bits per heavy atom. The average molecular weight is 199 g/mol. The van der Waals surface area contributed by atoms with Gasteiger partial charge in [0, 0.05) is 0 Å². The highest BCUT2D eigenvalue weighted by atomic mass is 35.5. The van der Waals surface area contributed by atoms with Crippen molar-refractivity contribution in [2.24, 2.45) is 0 Å². The summed E-state index contributed by atoms with van der Waals surface area (Å²) in [5.41, 5.74) is 0. The van der Waals surface area contributed by atoms with Gasteiger partial charge in [-0.2, -0.15) is 12.6 Å². The van der Waals surface area contributed by atoms with Crippen LogP contribution in [-0.2, 0) is 14.3 Å². The lowest BCUT2D eigenvalue weighted by Crippen LogP contribution is -2.20. The van der Waals surface area contributed by atoms with Crippen LogP contribution >= 0.6 is 11.6 Å². The van der Waals surface area contributed by atoms with Crippen molar-refractivity contribution in [2.75, 3.05) is 5.21 Å². The molecule has 0 aromatic carbocycles. The molecular weight excluding hydrogens is 197 g/mol. The van der Waals surface area contributed by atoms with E-state index in [0.717, 1.165) is 0 Å². The minimum absolute atomic E-state index is 1.22. The van der Waals surface area contributed by atoms with Crippen molar-refractivity contribution in [3.63, 3.8) is 0 Å². The van der Waals surface area contributed by atoms with E-state index in [0.29, 0.717) is 0 Å². The lowest BCUT2D eigenvalue weighted by molar-refractivity contribution is -0.271. The van der Waals surface area contributed by atoms with Gasteiger partial charge in [0.1, 0.15) is 5.21 Å². The third-order valence-electron chi connectivity index (χ3n) is 0.355. The number of rotatable bonds is 2. The normalized spacial score (nSPS) is 13.6. The molecule has 0 saturated heterocycles. The van der Waals surface area contributed by atoms with Gasteiger partial charge >= 0.3 is 6.36 Å². The predicted octanol–water partition coefficient (Wildman–Crippen LogP) is 1.05. The predicted molar refractivity (Wildman–Crippen MR) is 26.8 cm³/mol. The molecule has 0 unspecified atom stereocenters. The first-order valence-electron chi connectivity index (χ1n) is 1.83. The Balaban J connectivity index is 4.18. The van der Waals surface area contributed by atoms with Gasteiger partial charge in [-0.15, -0.1) is 24.8 Å². The van der Waals surface area contributed by atoms with Crippen molar-refractivity contribution in [2.45, 2.75) is 6.36 Å². The fraction of sp³-hybridized carbons (Fsp3) is 1.00. The first kappa shape index (κ1) is 9.99. The highest BCUT2D eigenvalue weighted by Crippen LogP contribution is 2.19. The molecule has 0 saturated carbocycles. The van der Waals surface area contributed by atoms with Crippen LogP contribution in [0.1, 0.15) is 0 Å². The van der Waals surface area contributed by atoms with Crippen molar-refractivity contribution >= 4 is 21.7 Å². The summed E-state index contributed by atoms with van der Waals surface area (Å²) in [5.74, 6) is 0.